The molecule has 1 saturated heterocycles. The Hall–Kier alpha value is -2.21. The molecular weight excluding hydrogens is 358 g/mol. The smallest absolute Gasteiger partial charge is 0.266 e. The van der Waals surface area contributed by atoms with E-state index in [1.807, 2.05) is 19.1 Å². The van der Waals surface area contributed by atoms with E-state index in [9.17, 15) is 9.59 Å². The number of fused-ring (bicyclic) bond motifs is 3. The number of hydrogen-bond donors (Lipinski definition) is 0. The number of aryl methyl sites for hydroxylation is 1. The topological polar surface area (TPSA) is 54.7 Å². The highest BCUT2D eigenvalue weighted by Gasteiger charge is 2.36. The molecule has 1 aliphatic heterocycles. The van der Waals surface area contributed by atoms with Crippen LogP contribution in [0, 0.1) is 12.8 Å². The first kappa shape index (κ1) is 16.9. The molecule has 1 saturated carbocycles. The number of piperidine rings is 1. The fourth-order valence-corrected chi connectivity index (χ4v) is 5.86. The minimum absolute atomic E-state index is 0.0831. The monoisotopic (exact) mass is 381 g/mol. The second-order valence-corrected chi connectivity index (χ2v) is 8.91. The second-order valence-electron chi connectivity index (χ2n) is 7.88. The molecule has 140 valence electrons. The number of carbonyl (C=O) groups excluding carboxylic acids is 1. The maximum Gasteiger partial charge on any atom is 0.266 e. The third kappa shape index (κ3) is 2.69. The molecule has 1 amide bonds. The Kier molecular flexibility index (Phi) is 4.04. The maximum atomic E-state index is 13.3. The number of amides is 1. The molecule has 4 heterocycles. The van der Waals surface area contributed by atoms with Gasteiger partial charge in [0.1, 0.15) is 10.5 Å². The largest absolute Gasteiger partial charge is 0.335 e. The predicted octanol–water partition coefficient (Wildman–Crippen LogP) is 4.01. The Labute approximate surface area is 161 Å². The van der Waals surface area contributed by atoms with Gasteiger partial charge in [0.05, 0.1) is 10.3 Å². The molecule has 0 bridgehead atoms. The number of thiophene rings is 1. The van der Waals surface area contributed by atoms with Crippen LogP contribution in [0.2, 0.25) is 0 Å². The Morgan fingerprint density at radius 1 is 1.22 bits per heavy atom. The number of aromatic nitrogens is 2. The van der Waals surface area contributed by atoms with E-state index in [1.165, 1.54) is 37.0 Å². The number of carbonyl (C=O) groups is 1. The number of nitrogens with zero attached hydrogens (tertiary/aromatic N) is 3. The van der Waals surface area contributed by atoms with Crippen LogP contribution in [0.25, 0.3) is 15.9 Å². The van der Waals surface area contributed by atoms with Crippen molar-refractivity contribution in [2.75, 3.05) is 6.54 Å². The summed E-state index contributed by atoms with van der Waals surface area (Å²) >= 11 is 1.36. The SMILES string of the molecule is Cc1cccn2c(=O)c3cc(C(=O)N4CCC[C@@H]5CCCC[C@H]54)sc3nc12. The number of rotatable bonds is 1. The molecule has 3 aromatic rings. The van der Waals surface area contributed by atoms with Crippen LogP contribution < -0.4 is 5.56 Å². The molecule has 27 heavy (non-hydrogen) atoms. The fourth-order valence-electron chi connectivity index (χ4n) is 4.88. The highest BCUT2D eigenvalue weighted by molar-refractivity contribution is 7.20. The summed E-state index contributed by atoms with van der Waals surface area (Å²) in [6.45, 7) is 2.78. The normalized spacial score (nSPS) is 22.9. The quantitative estimate of drug-likeness (QED) is 0.640. The van der Waals surface area contributed by atoms with Crippen LogP contribution in [0.5, 0.6) is 0 Å². The van der Waals surface area contributed by atoms with Gasteiger partial charge in [-0.15, -0.1) is 11.3 Å². The van der Waals surface area contributed by atoms with Gasteiger partial charge in [-0.2, -0.15) is 0 Å². The third-order valence-electron chi connectivity index (χ3n) is 6.25. The van der Waals surface area contributed by atoms with Crippen molar-refractivity contribution in [3.8, 4) is 0 Å². The van der Waals surface area contributed by atoms with Gasteiger partial charge >= 0.3 is 0 Å². The Balaban J connectivity index is 1.57. The van der Waals surface area contributed by atoms with Crippen molar-refractivity contribution in [3.63, 3.8) is 0 Å². The minimum atomic E-state index is -0.0943. The molecule has 0 N–H and O–H groups in total. The van der Waals surface area contributed by atoms with Crippen LogP contribution in [-0.4, -0.2) is 32.8 Å². The van der Waals surface area contributed by atoms with E-state index in [2.05, 4.69) is 9.88 Å². The van der Waals surface area contributed by atoms with E-state index < -0.39 is 0 Å². The molecule has 5 nitrogen and oxygen atoms in total. The van der Waals surface area contributed by atoms with Crippen molar-refractivity contribution < 1.29 is 4.79 Å². The van der Waals surface area contributed by atoms with Crippen molar-refractivity contribution in [3.05, 3.63) is 45.2 Å². The molecule has 2 atom stereocenters. The van der Waals surface area contributed by atoms with Crippen molar-refractivity contribution in [2.24, 2.45) is 5.92 Å². The average Bonchev–Trinajstić information content (AvgIpc) is 3.13. The van der Waals surface area contributed by atoms with Gasteiger partial charge in [0, 0.05) is 18.8 Å². The molecule has 0 unspecified atom stereocenters. The minimum Gasteiger partial charge on any atom is -0.335 e. The van der Waals surface area contributed by atoms with Gasteiger partial charge < -0.3 is 4.90 Å². The summed E-state index contributed by atoms with van der Waals surface area (Å²) < 4.78 is 1.58. The van der Waals surface area contributed by atoms with Crippen molar-refractivity contribution >= 4 is 33.1 Å². The lowest BCUT2D eigenvalue weighted by atomic mass is 9.78. The average molecular weight is 382 g/mol. The van der Waals surface area contributed by atoms with E-state index >= 15 is 0 Å². The lowest BCUT2D eigenvalue weighted by Gasteiger charge is -2.44. The summed E-state index contributed by atoms with van der Waals surface area (Å²) in [4.78, 5) is 34.3. The van der Waals surface area contributed by atoms with E-state index in [4.69, 9.17) is 0 Å². The van der Waals surface area contributed by atoms with E-state index in [0.29, 0.717) is 32.7 Å². The first-order valence-corrected chi connectivity index (χ1v) is 10.7. The highest BCUT2D eigenvalue weighted by atomic mass is 32.1. The van der Waals surface area contributed by atoms with Gasteiger partial charge in [-0.1, -0.05) is 18.9 Å². The van der Waals surface area contributed by atoms with Crippen LogP contribution >= 0.6 is 11.3 Å². The standard InChI is InChI=1S/C21H23N3O2S/c1-13-6-4-11-24-18(13)22-19-15(20(24)25)12-17(27-19)21(26)23-10-5-8-14-7-2-3-9-16(14)23/h4,6,11-12,14,16H,2-3,5,7-10H2,1H3/t14-,16+/m0/s1. The van der Waals surface area contributed by atoms with Crippen molar-refractivity contribution in [1.29, 1.82) is 0 Å². The Morgan fingerprint density at radius 2 is 2.04 bits per heavy atom. The summed E-state index contributed by atoms with van der Waals surface area (Å²) in [6.07, 6.45) is 8.94. The Morgan fingerprint density at radius 3 is 2.93 bits per heavy atom. The first-order chi connectivity index (χ1) is 13.1. The number of likely N-dealkylation sites (tertiary alicyclic amines) is 1. The lowest BCUT2D eigenvalue weighted by molar-refractivity contribution is 0.0395. The van der Waals surface area contributed by atoms with Crippen LogP contribution in [0.1, 0.15) is 53.8 Å². The number of hydrogen-bond acceptors (Lipinski definition) is 4. The molecular formula is C21H23N3O2S. The van der Waals surface area contributed by atoms with Crippen LogP contribution in [0.15, 0.2) is 29.2 Å². The molecule has 1 aliphatic carbocycles. The summed E-state index contributed by atoms with van der Waals surface area (Å²) in [6, 6.07) is 5.94. The molecule has 5 rings (SSSR count). The predicted molar refractivity (Wildman–Crippen MR) is 108 cm³/mol. The molecule has 2 aliphatic rings. The van der Waals surface area contributed by atoms with Gasteiger partial charge in [-0.3, -0.25) is 14.0 Å². The zero-order valence-corrected chi connectivity index (χ0v) is 16.3. The molecule has 0 radical (unpaired) electrons. The molecule has 2 fully saturated rings. The van der Waals surface area contributed by atoms with Crippen molar-refractivity contribution in [1.82, 2.24) is 14.3 Å². The Bertz CT molecular complexity index is 1100. The van der Waals surface area contributed by atoms with Gasteiger partial charge in [-0.05, 0) is 56.2 Å². The molecule has 6 heteroatoms. The first-order valence-electron chi connectivity index (χ1n) is 9.86. The van der Waals surface area contributed by atoms with E-state index in [0.717, 1.165) is 24.9 Å². The lowest BCUT2D eigenvalue weighted by Crippen LogP contribution is -2.49. The molecule has 0 aromatic carbocycles. The summed E-state index contributed by atoms with van der Waals surface area (Å²) in [5, 5.41) is 0.545. The number of pyridine rings is 1. The zero-order valence-electron chi connectivity index (χ0n) is 15.5. The molecule has 0 spiro atoms. The summed E-state index contributed by atoms with van der Waals surface area (Å²) in [5.41, 5.74) is 1.53. The third-order valence-corrected chi connectivity index (χ3v) is 7.26. The summed E-state index contributed by atoms with van der Waals surface area (Å²) in [5.74, 6) is 0.736. The van der Waals surface area contributed by atoms with Crippen molar-refractivity contribution in [2.45, 2.75) is 51.5 Å². The highest BCUT2D eigenvalue weighted by Crippen LogP contribution is 2.36. The van der Waals surface area contributed by atoms with Gasteiger partial charge in [0.25, 0.3) is 11.5 Å². The maximum absolute atomic E-state index is 13.3. The van der Waals surface area contributed by atoms with Gasteiger partial charge in [0.2, 0.25) is 0 Å². The van der Waals surface area contributed by atoms with E-state index in [1.54, 1.807) is 16.7 Å². The van der Waals surface area contributed by atoms with E-state index in [-0.39, 0.29) is 11.5 Å². The van der Waals surface area contributed by atoms with Crippen LogP contribution in [0.4, 0.5) is 0 Å². The zero-order chi connectivity index (χ0) is 18.5. The second kappa shape index (κ2) is 6.44. The summed E-state index contributed by atoms with van der Waals surface area (Å²) in [7, 11) is 0. The van der Waals surface area contributed by atoms with Crippen LogP contribution in [-0.2, 0) is 0 Å². The fraction of sp³-hybridized carbons (Fsp3) is 0.476. The van der Waals surface area contributed by atoms with Gasteiger partial charge in [-0.25, -0.2) is 4.98 Å². The van der Waals surface area contributed by atoms with Gasteiger partial charge in [0.15, 0.2) is 0 Å². The molecule has 3 aromatic heterocycles. The van der Waals surface area contributed by atoms with Crippen LogP contribution in [0.3, 0.4) is 0 Å².